The number of carbonyl (C=O) groups is 1. The lowest BCUT2D eigenvalue weighted by atomic mass is 10.3. The molecule has 0 aliphatic heterocycles. The van der Waals surface area contributed by atoms with E-state index in [2.05, 4.69) is 19.6 Å². The minimum absolute atomic E-state index is 0.303. The number of nitrogens with two attached hydrogens (primary N) is 1. The molecule has 0 aliphatic carbocycles. The van der Waals surface area contributed by atoms with E-state index in [1.54, 1.807) is 6.92 Å². The topological polar surface area (TPSA) is 43.1 Å². The second-order valence-corrected chi connectivity index (χ2v) is 8.58. The molecular weight excluding hydrogens is 142 g/mol. The van der Waals surface area contributed by atoms with Crippen LogP contribution in [-0.4, -0.2) is 14.0 Å². The summed E-state index contributed by atoms with van der Waals surface area (Å²) in [5, 5.41) is 0. The van der Waals surface area contributed by atoms with Gasteiger partial charge in [0.05, 0.1) is 8.07 Å². The number of amides is 1. The number of rotatable bonds is 2. The Labute approximate surface area is 63.1 Å². The van der Waals surface area contributed by atoms with Crippen LogP contribution in [0.2, 0.25) is 19.6 Å². The molecule has 3 heteroatoms. The minimum Gasteiger partial charge on any atom is -0.366 e. The summed E-state index contributed by atoms with van der Waals surface area (Å²) in [4.78, 5) is 10.6. The van der Waals surface area contributed by atoms with Gasteiger partial charge in [0, 0.05) is 5.57 Å². The highest BCUT2D eigenvalue weighted by Gasteiger charge is 2.10. The molecule has 10 heavy (non-hydrogen) atoms. The Kier molecular flexibility index (Phi) is 2.84. The van der Waals surface area contributed by atoms with Crippen molar-refractivity contribution >= 4 is 14.0 Å². The molecule has 58 valence electrons. The van der Waals surface area contributed by atoms with E-state index >= 15 is 0 Å². The Morgan fingerprint density at radius 2 is 1.80 bits per heavy atom. The van der Waals surface area contributed by atoms with E-state index in [9.17, 15) is 4.79 Å². The van der Waals surface area contributed by atoms with Gasteiger partial charge in [-0.2, -0.15) is 0 Å². The zero-order valence-electron chi connectivity index (χ0n) is 7.06. The lowest BCUT2D eigenvalue weighted by Crippen LogP contribution is -2.21. The summed E-state index contributed by atoms with van der Waals surface area (Å²) in [6.45, 7) is 8.26. The van der Waals surface area contributed by atoms with Gasteiger partial charge in [0.2, 0.25) is 5.91 Å². The molecule has 0 fully saturated rings. The Morgan fingerprint density at radius 3 is 1.90 bits per heavy atom. The normalized spacial score (nSPS) is 13.4. The fourth-order valence-electron chi connectivity index (χ4n) is 0.721. The smallest absolute Gasteiger partial charge is 0.243 e. The Morgan fingerprint density at radius 1 is 1.40 bits per heavy atom. The molecule has 0 rings (SSSR count). The largest absolute Gasteiger partial charge is 0.366 e. The van der Waals surface area contributed by atoms with Gasteiger partial charge in [0.15, 0.2) is 0 Å². The molecule has 0 atom stereocenters. The van der Waals surface area contributed by atoms with Crippen molar-refractivity contribution in [3.05, 3.63) is 11.3 Å². The van der Waals surface area contributed by atoms with Crippen LogP contribution in [0.15, 0.2) is 11.3 Å². The highest BCUT2D eigenvalue weighted by molar-refractivity contribution is 6.81. The van der Waals surface area contributed by atoms with E-state index in [0.717, 1.165) is 0 Å². The number of hydrogen-bond donors (Lipinski definition) is 1. The maximum atomic E-state index is 10.6. The van der Waals surface area contributed by atoms with Crippen molar-refractivity contribution in [3.8, 4) is 0 Å². The van der Waals surface area contributed by atoms with Crippen LogP contribution in [0, 0.1) is 0 Å². The molecule has 0 aromatic carbocycles. The van der Waals surface area contributed by atoms with Crippen molar-refractivity contribution in [2.24, 2.45) is 5.73 Å². The molecule has 0 unspecified atom stereocenters. The molecule has 2 N–H and O–H groups in total. The third-order valence-electron chi connectivity index (χ3n) is 1.04. The average molecular weight is 157 g/mol. The summed E-state index contributed by atoms with van der Waals surface area (Å²) < 4.78 is 0. The minimum atomic E-state index is -1.25. The first-order valence-electron chi connectivity index (χ1n) is 3.32. The fraction of sp³-hybridized carbons (Fsp3) is 0.571. The molecule has 0 aromatic rings. The molecule has 0 spiro atoms. The van der Waals surface area contributed by atoms with Gasteiger partial charge < -0.3 is 5.73 Å². The lowest BCUT2D eigenvalue weighted by molar-refractivity contribution is -0.114. The first kappa shape index (κ1) is 9.43. The maximum absolute atomic E-state index is 10.6. The molecule has 0 radical (unpaired) electrons. The van der Waals surface area contributed by atoms with Gasteiger partial charge in [-0.15, -0.1) is 0 Å². The first-order valence-corrected chi connectivity index (χ1v) is 6.90. The van der Waals surface area contributed by atoms with Crippen molar-refractivity contribution < 1.29 is 4.79 Å². The van der Waals surface area contributed by atoms with E-state index in [1.807, 2.05) is 5.70 Å². The molecule has 0 saturated carbocycles. The second kappa shape index (κ2) is 3.01. The van der Waals surface area contributed by atoms with Crippen LogP contribution in [0.5, 0.6) is 0 Å². The third-order valence-corrected chi connectivity index (χ3v) is 2.34. The van der Waals surface area contributed by atoms with Gasteiger partial charge in [0.1, 0.15) is 0 Å². The SMILES string of the molecule is C/C(=C\[Si](C)(C)C)C(N)=O. The van der Waals surface area contributed by atoms with E-state index in [0.29, 0.717) is 5.57 Å². The summed E-state index contributed by atoms with van der Waals surface area (Å²) in [7, 11) is -1.25. The molecule has 1 amide bonds. The van der Waals surface area contributed by atoms with Crippen LogP contribution in [0.1, 0.15) is 6.92 Å². The van der Waals surface area contributed by atoms with Crippen LogP contribution in [0.4, 0.5) is 0 Å². The van der Waals surface area contributed by atoms with Crippen LogP contribution in [-0.2, 0) is 4.79 Å². The Hall–Kier alpha value is -0.573. The van der Waals surface area contributed by atoms with Crippen LogP contribution >= 0.6 is 0 Å². The number of hydrogen-bond acceptors (Lipinski definition) is 1. The van der Waals surface area contributed by atoms with E-state index in [-0.39, 0.29) is 5.91 Å². The van der Waals surface area contributed by atoms with Crippen LogP contribution < -0.4 is 5.73 Å². The zero-order valence-corrected chi connectivity index (χ0v) is 8.06. The Bertz CT molecular complexity index is 167. The zero-order chi connectivity index (χ0) is 8.36. The van der Waals surface area contributed by atoms with Gasteiger partial charge in [-0.3, -0.25) is 4.79 Å². The van der Waals surface area contributed by atoms with E-state index < -0.39 is 8.07 Å². The third kappa shape index (κ3) is 4.32. The summed E-state index contributed by atoms with van der Waals surface area (Å²) in [6.07, 6.45) is 0. The summed E-state index contributed by atoms with van der Waals surface area (Å²) in [6, 6.07) is 0. The van der Waals surface area contributed by atoms with Crippen molar-refractivity contribution in [3.63, 3.8) is 0 Å². The highest BCUT2D eigenvalue weighted by atomic mass is 28.3. The van der Waals surface area contributed by atoms with Gasteiger partial charge in [-0.1, -0.05) is 25.3 Å². The van der Waals surface area contributed by atoms with Crippen molar-refractivity contribution in [1.29, 1.82) is 0 Å². The molecule has 2 nitrogen and oxygen atoms in total. The monoisotopic (exact) mass is 157 g/mol. The molecule has 0 heterocycles. The van der Waals surface area contributed by atoms with Crippen molar-refractivity contribution in [2.45, 2.75) is 26.6 Å². The van der Waals surface area contributed by atoms with Gasteiger partial charge in [0.25, 0.3) is 0 Å². The van der Waals surface area contributed by atoms with Crippen molar-refractivity contribution in [2.75, 3.05) is 0 Å². The van der Waals surface area contributed by atoms with E-state index in [1.165, 1.54) is 0 Å². The predicted octanol–water partition coefficient (Wildman–Crippen LogP) is 1.30. The first-order chi connectivity index (χ1) is 4.33. The molecule has 0 aliphatic rings. The Balaban J connectivity index is 4.32. The summed E-state index contributed by atoms with van der Waals surface area (Å²) in [5.41, 5.74) is 7.76. The standard InChI is InChI=1S/C7H15NOSi/c1-6(7(8)9)5-10(2,3)4/h5H,1-4H3,(H2,8,9)/b6-5+. The number of primary amides is 1. The fourth-order valence-corrected chi connectivity index (χ4v) is 2.16. The van der Waals surface area contributed by atoms with Crippen LogP contribution in [0.3, 0.4) is 0 Å². The van der Waals surface area contributed by atoms with Gasteiger partial charge in [-0.05, 0) is 6.92 Å². The molecule has 0 aromatic heterocycles. The van der Waals surface area contributed by atoms with Crippen molar-refractivity contribution in [1.82, 2.24) is 0 Å². The van der Waals surface area contributed by atoms with E-state index in [4.69, 9.17) is 5.73 Å². The summed E-state index contributed by atoms with van der Waals surface area (Å²) in [5.74, 6) is -0.303. The summed E-state index contributed by atoms with van der Waals surface area (Å²) >= 11 is 0. The second-order valence-electron chi connectivity index (χ2n) is 3.56. The average Bonchev–Trinajstić information content (AvgIpc) is 1.60. The quantitative estimate of drug-likeness (QED) is 0.476. The van der Waals surface area contributed by atoms with Gasteiger partial charge >= 0.3 is 0 Å². The molecule has 0 saturated heterocycles. The predicted molar refractivity (Wildman–Crippen MR) is 46.3 cm³/mol. The molecule has 0 bridgehead atoms. The van der Waals surface area contributed by atoms with Gasteiger partial charge in [-0.25, -0.2) is 0 Å². The maximum Gasteiger partial charge on any atom is 0.243 e. The van der Waals surface area contributed by atoms with Crippen LogP contribution in [0.25, 0.3) is 0 Å². The highest BCUT2D eigenvalue weighted by Crippen LogP contribution is 2.05. The lowest BCUT2D eigenvalue weighted by Gasteiger charge is -2.09. The number of carbonyl (C=O) groups excluding carboxylic acids is 1. The molecular formula is C7H15NOSi.